The summed E-state index contributed by atoms with van der Waals surface area (Å²) < 4.78 is 16.1. The van der Waals surface area contributed by atoms with Gasteiger partial charge in [-0.15, -0.1) is 0 Å². The monoisotopic (exact) mass is 443 g/mol. The van der Waals surface area contributed by atoms with E-state index in [4.69, 9.17) is 14.2 Å². The zero-order valence-corrected chi connectivity index (χ0v) is 21.3. The minimum Gasteiger partial charge on any atom is -0.488 e. The Bertz CT molecular complexity index is 918. The van der Waals surface area contributed by atoms with Crippen LogP contribution in [-0.2, 0) is 11.2 Å². The van der Waals surface area contributed by atoms with Gasteiger partial charge >= 0.3 is 0 Å². The van der Waals surface area contributed by atoms with Crippen molar-refractivity contribution in [1.29, 1.82) is 0 Å². The Balaban J connectivity index is 2.82. The van der Waals surface area contributed by atoms with E-state index in [-0.39, 0.29) is 17.3 Å². The second kappa shape index (κ2) is 13.8. The van der Waals surface area contributed by atoms with Crippen LogP contribution >= 0.6 is 0 Å². The van der Waals surface area contributed by atoms with Gasteiger partial charge in [-0.05, 0) is 46.1 Å². The van der Waals surface area contributed by atoms with Crippen LogP contribution in [0.1, 0.15) is 58.7 Å². The highest BCUT2D eigenvalue weighted by Crippen LogP contribution is 2.22. The average Bonchev–Trinajstić information content (AvgIpc) is 2.75. The number of allylic oxidation sites excluding steroid dienone is 6. The molecule has 1 aromatic heterocycles. The molecule has 0 bridgehead atoms. The molecule has 0 spiro atoms. The number of hydrogen-bond donors (Lipinski definition) is 1. The van der Waals surface area contributed by atoms with Crippen molar-refractivity contribution in [1.82, 2.24) is 4.98 Å². The molecule has 0 aliphatic rings. The predicted octanol–water partition coefficient (Wildman–Crippen LogP) is 6.09. The molecular weight excluding hydrogens is 402 g/mol. The molecule has 0 fully saturated rings. The largest absolute Gasteiger partial charge is 0.488 e. The maximum atomic E-state index is 12.5. The van der Waals surface area contributed by atoms with Gasteiger partial charge in [0.05, 0.1) is 20.3 Å². The van der Waals surface area contributed by atoms with Crippen LogP contribution in [0.3, 0.4) is 0 Å². The van der Waals surface area contributed by atoms with Gasteiger partial charge in [0, 0.05) is 30.7 Å². The molecule has 0 aromatic carbocycles. The molecule has 2 atom stereocenters. The van der Waals surface area contributed by atoms with E-state index in [1.165, 1.54) is 30.9 Å². The molecule has 5 heteroatoms. The molecule has 0 aliphatic heterocycles. The van der Waals surface area contributed by atoms with Crippen LogP contribution in [0.4, 0.5) is 0 Å². The summed E-state index contributed by atoms with van der Waals surface area (Å²) in [5.41, 5.74) is 5.07. The van der Waals surface area contributed by atoms with Gasteiger partial charge in [-0.1, -0.05) is 55.4 Å². The van der Waals surface area contributed by atoms with Crippen molar-refractivity contribution < 1.29 is 14.2 Å². The van der Waals surface area contributed by atoms with Crippen molar-refractivity contribution >= 4 is 0 Å². The molecule has 1 rings (SSSR count). The van der Waals surface area contributed by atoms with Crippen LogP contribution < -0.4 is 14.9 Å². The maximum Gasteiger partial charge on any atom is 0.238 e. The van der Waals surface area contributed by atoms with E-state index in [0.717, 1.165) is 18.5 Å². The van der Waals surface area contributed by atoms with Crippen LogP contribution in [-0.4, -0.2) is 32.4 Å². The first kappa shape index (κ1) is 27.5. The number of aromatic nitrogens is 1. The number of rotatable bonds is 12. The van der Waals surface area contributed by atoms with Crippen molar-refractivity contribution in [2.75, 3.05) is 21.3 Å². The van der Waals surface area contributed by atoms with Gasteiger partial charge in [-0.25, -0.2) is 0 Å². The highest BCUT2D eigenvalue weighted by atomic mass is 16.5. The summed E-state index contributed by atoms with van der Waals surface area (Å²) in [6, 6.07) is 0. The molecule has 1 N–H and O–H groups in total. The van der Waals surface area contributed by atoms with E-state index in [0.29, 0.717) is 23.8 Å². The lowest BCUT2D eigenvalue weighted by atomic mass is 9.95. The van der Waals surface area contributed by atoms with Gasteiger partial charge in [-0.3, -0.25) is 4.79 Å². The number of H-pyrrole nitrogens is 1. The first-order chi connectivity index (χ1) is 15.2. The SMILES string of the molecule is CCC=C(C)[C@@H](OC)[C@@H](C)C=C(C)C=CCC(C)=CCc1[nH]c(OC)c(OC)c(=O)c1C. The normalized spacial score (nSPS) is 15.2. The van der Waals surface area contributed by atoms with Crippen molar-refractivity contribution in [3.8, 4) is 11.6 Å². The number of aromatic amines is 1. The summed E-state index contributed by atoms with van der Waals surface area (Å²) in [5.74, 6) is 0.871. The number of methoxy groups -OCH3 is 3. The molecule has 0 radical (unpaired) electrons. The molecule has 1 aromatic rings. The van der Waals surface area contributed by atoms with Gasteiger partial charge < -0.3 is 19.2 Å². The molecule has 0 amide bonds. The van der Waals surface area contributed by atoms with Crippen molar-refractivity contribution in [3.05, 3.63) is 68.6 Å². The Morgan fingerprint density at radius 2 is 1.78 bits per heavy atom. The Morgan fingerprint density at radius 3 is 2.34 bits per heavy atom. The lowest BCUT2D eigenvalue weighted by Gasteiger charge is -2.21. The smallest absolute Gasteiger partial charge is 0.238 e. The highest BCUT2D eigenvalue weighted by molar-refractivity contribution is 5.40. The minimum atomic E-state index is -0.141. The summed E-state index contributed by atoms with van der Waals surface area (Å²) in [6.07, 6.45) is 13.5. The van der Waals surface area contributed by atoms with Crippen LogP contribution in [0, 0.1) is 12.8 Å². The fraction of sp³-hybridized carbons (Fsp3) is 0.519. The molecule has 0 unspecified atom stereocenters. The lowest BCUT2D eigenvalue weighted by Crippen LogP contribution is -2.20. The molecule has 0 saturated carbocycles. The summed E-state index contributed by atoms with van der Waals surface area (Å²) >= 11 is 0. The summed E-state index contributed by atoms with van der Waals surface area (Å²) in [4.78, 5) is 15.6. The maximum absolute atomic E-state index is 12.5. The average molecular weight is 444 g/mol. The van der Waals surface area contributed by atoms with E-state index in [2.05, 4.69) is 70.0 Å². The van der Waals surface area contributed by atoms with Gasteiger partial charge in [0.15, 0.2) is 0 Å². The van der Waals surface area contributed by atoms with Gasteiger partial charge in [0.25, 0.3) is 0 Å². The second-order valence-electron chi connectivity index (χ2n) is 8.27. The van der Waals surface area contributed by atoms with Gasteiger partial charge in [0.1, 0.15) is 0 Å². The Kier molecular flexibility index (Phi) is 11.9. The summed E-state index contributed by atoms with van der Waals surface area (Å²) in [5, 5.41) is 0. The van der Waals surface area contributed by atoms with Crippen LogP contribution in [0.2, 0.25) is 0 Å². The molecule has 32 heavy (non-hydrogen) atoms. The molecule has 178 valence electrons. The topological polar surface area (TPSA) is 60.6 Å². The molecule has 0 aliphatic carbocycles. The Hall–Kier alpha value is -2.53. The quantitative estimate of drug-likeness (QED) is 0.314. The van der Waals surface area contributed by atoms with E-state index in [1.807, 2.05) is 0 Å². The molecule has 0 saturated heterocycles. The fourth-order valence-corrected chi connectivity index (χ4v) is 3.83. The van der Waals surface area contributed by atoms with E-state index >= 15 is 0 Å². The standard InChI is InChI=1S/C27H41NO4/c1-10-12-20(4)25(30-7)21(5)17-19(3)14-11-13-18(2)15-16-23-22(6)24(29)26(31-8)27(28-23)32-9/h11-12,14-15,17,21,25H,10,13,16H2,1-9H3,(H,28,29)/t21-,25+/m0/s1. The van der Waals surface area contributed by atoms with Gasteiger partial charge in [0.2, 0.25) is 17.1 Å². The van der Waals surface area contributed by atoms with E-state index in [9.17, 15) is 4.79 Å². The Labute approximate surface area is 193 Å². The first-order valence-electron chi connectivity index (χ1n) is 11.2. The fourth-order valence-electron chi connectivity index (χ4n) is 3.83. The Morgan fingerprint density at radius 1 is 1.09 bits per heavy atom. The van der Waals surface area contributed by atoms with E-state index in [1.54, 1.807) is 14.0 Å². The first-order valence-corrected chi connectivity index (χ1v) is 11.2. The van der Waals surface area contributed by atoms with Gasteiger partial charge in [-0.2, -0.15) is 0 Å². The number of pyridine rings is 1. The third-order valence-electron chi connectivity index (χ3n) is 5.59. The van der Waals surface area contributed by atoms with E-state index < -0.39 is 0 Å². The lowest BCUT2D eigenvalue weighted by molar-refractivity contribution is 0.103. The van der Waals surface area contributed by atoms with Crippen molar-refractivity contribution in [3.63, 3.8) is 0 Å². The minimum absolute atomic E-state index is 0.104. The zero-order valence-electron chi connectivity index (χ0n) is 21.3. The molecule has 5 nitrogen and oxygen atoms in total. The third kappa shape index (κ3) is 7.86. The van der Waals surface area contributed by atoms with Crippen molar-refractivity contribution in [2.45, 2.75) is 66.9 Å². The zero-order chi connectivity index (χ0) is 24.3. The predicted molar refractivity (Wildman–Crippen MR) is 134 cm³/mol. The second-order valence-corrected chi connectivity index (χ2v) is 8.27. The number of ether oxygens (including phenoxy) is 3. The highest BCUT2D eigenvalue weighted by Gasteiger charge is 2.16. The summed E-state index contributed by atoms with van der Waals surface area (Å²) in [6.45, 7) is 12.5. The number of hydrogen-bond acceptors (Lipinski definition) is 4. The third-order valence-corrected chi connectivity index (χ3v) is 5.59. The molecular formula is C27H41NO4. The van der Waals surface area contributed by atoms with Crippen molar-refractivity contribution in [2.24, 2.45) is 5.92 Å². The number of nitrogens with one attached hydrogen (secondary N) is 1. The van der Waals surface area contributed by atoms with Crippen LogP contribution in [0.15, 0.2) is 51.9 Å². The van der Waals surface area contributed by atoms with Crippen LogP contribution in [0.5, 0.6) is 11.6 Å². The van der Waals surface area contributed by atoms with Crippen LogP contribution in [0.25, 0.3) is 0 Å². The summed E-state index contributed by atoms with van der Waals surface area (Å²) in [7, 11) is 4.76. The molecule has 1 heterocycles.